The lowest BCUT2D eigenvalue weighted by Crippen LogP contribution is -2.49. The highest BCUT2D eigenvalue weighted by molar-refractivity contribution is 7.13. The molecule has 3 aromatic heterocycles. The Kier molecular flexibility index (Phi) is 4.76. The second-order valence-corrected chi connectivity index (χ2v) is 8.82. The molecule has 5 aromatic rings. The van der Waals surface area contributed by atoms with E-state index in [0.717, 1.165) is 33.2 Å². The van der Waals surface area contributed by atoms with Crippen LogP contribution in [0.4, 0.5) is 10.3 Å². The Labute approximate surface area is 192 Å². The highest BCUT2D eigenvalue weighted by Crippen LogP contribution is 2.30. The van der Waals surface area contributed by atoms with Gasteiger partial charge >= 0.3 is 0 Å². The smallest absolute Gasteiger partial charge is 0.253 e. The molecule has 2 aromatic carbocycles. The summed E-state index contributed by atoms with van der Waals surface area (Å²) >= 11 is 1.61. The van der Waals surface area contributed by atoms with Crippen LogP contribution in [-0.2, 0) is 0 Å². The van der Waals surface area contributed by atoms with Crippen LogP contribution in [0.2, 0.25) is 0 Å². The summed E-state index contributed by atoms with van der Waals surface area (Å²) in [6.45, 7) is 2.33. The standard InChI is InChI=1S/C24H19FN6OS/c25-17-9-7-16(8-10-17)23(32)29-11-13-30(14-12-29)24-26-19-5-2-1-4-18(19)21-27-28-22(31(21)24)20-6-3-15-33-20/h1-10,15H,11-14H2. The Hall–Kier alpha value is -3.85. The molecule has 0 bridgehead atoms. The predicted octanol–water partition coefficient (Wildman–Crippen LogP) is 4.11. The summed E-state index contributed by atoms with van der Waals surface area (Å²) in [6, 6.07) is 17.6. The summed E-state index contributed by atoms with van der Waals surface area (Å²) in [5, 5.41) is 12.0. The molecule has 7 nitrogen and oxygen atoms in total. The number of anilines is 1. The van der Waals surface area contributed by atoms with Gasteiger partial charge in [-0.15, -0.1) is 21.5 Å². The molecule has 0 unspecified atom stereocenters. The Morgan fingerprint density at radius 3 is 2.45 bits per heavy atom. The molecule has 4 heterocycles. The van der Waals surface area contributed by atoms with Crippen molar-refractivity contribution in [3.05, 3.63) is 77.4 Å². The van der Waals surface area contributed by atoms with Gasteiger partial charge in [0.2, 0.25) is 5.95 Å². The van der Waals surface area contributed by atoms with Gasteiger partial charge in [-0.05, 0) is 47.8 Å². The van der Waals surface area contributed by atoms with Crippen molar-refractivity contribution in [2.24, 2.45) is 0 Å². The normalized spacial score (nSPS) is 14.3. The van der Waals surface area contributed by atoms with Gasteiger partial charge in [-0.3, -0.25) is 4.79 Å². The van der Waals surface area contributed by atoms with E-state index in [1.165, 1.54) is 24.3 Å². The molecule has 6 rings (SSSR count). The fourth-order valence-electron chi connectivity index (χ4n) is 4.23. The second kappa shape index (κ2) is 7.93. The summed E-state index contributed by atoms with van der Waals surface area (Å²) in [6.07, 6.45) is 0. The van der Waals surface area contributed by atoms with Crippen LogP contribution in [0.15, 0.2) is 66.0 Å². The van der Waals surface area contributed by atoms with Gasteiger partial charge in [0.1, 0.15) is 5.82 Å². The zero-order valence-electron chi connectivity index (χ0n) is 17.6. The van der Waals surface area contributed by atoms with Gasteiger partial charge in [0, 0.05) is 37.1 Å². The molecule has 1 fully saturated rings. The van der Waals surface area contributed by atoms with Crippen molar-refractivity contribution in [2.45, 2.75) is 0 Å². The van der Waals surface area contributed by atoms with Crippen LogP contribution in [0, 0.1) is 5.82 Å². The molecule has 0 aliphatic carbocycles. The Balaban J connectivity index is 1.36. The van der Waals surface area contributed by atoms with E-state index in [4.69, 9.17) is 4.98 Å². The molecular weight excluding hydrogens is 439 g/mol. The van der Waals surface area contributed by atoms with Crippen molar-refractivity contribution < 1.29 is 9.18 Å². The third kappa shape index (κ3) is 3.41. The molecule has 0 spiro atoms. The maximum Gasteiger partial charge on any atom is 0.253 e. The first-order chi connectivity index (χ1) is 16.2. The van der Waals surface area contributed by atoms with Crippen LogP contribution >= 0.6 is 11.3 Å². The van der Waals surface area contributed by atoms with Gasteiger partial charge in [-0.1, -0.05) is 18.2 Å². The van der Waals surface area contributed by atoms with Crippen LogP contribution < -0.4 is 4.90 Å². The van der Waals surface area contributed by atoms with E-state index in [1.54, 1.807) is 16.2 Å². The fraction of sp³-hybridized carbons (Fsp3) is 0.167. The van der Waals surface area contributed by atoms with Crippen LogP contribution in [-0.4, -0.2) is 56.6 Å². The zero-order chi connectivity index (χ0) is 22.4. The van der Waals surface area contributed by atoms with Gasteiger partial charge in [-0.25, -0.2) is 13.8 Å². The quantitative estimate of drug-likeness (QED) is 0.407. The molecule has 0 atom stereocenters. The lowest BCUT2D eigenvalue weighted by atomic mass is 10.2. The van der Waals surface area contributed by atoms with Gasteiger partial charge in [0.25, 0.3) is 5.91 Å². The first-order valence-electron chi connectivity index (χ1n) is 10.7. The van der Waals surface area contributed by atoms with E-state index in [1.807, 2.05) is 46.2 Å². The number of fused-ring (bicyclic) bond motifs is 3. The molecular formula is C24H19FN6OS. The van der Waals surface area contributed by atoms with Crippen molar-refractivity contribution in [1.29, 1.82) is 0 Å². The monoisotopic (exact) mass is 458 g/mol. The van der Waals surface area contributed by atoms with Crippen LogP contribution in [0.25, 0.3) is 27.3 Å². The van der Waals surface area contributed by atoms with Gasteiger partial charge in [-0.2, -0.15) is 0 Å². The minimum atomic E-state index is -0.349. The average Bonchev–Trinajstić information content (AvgIpc) is 3.54. The molecule has 0 radical (unpaired) electrons. The summed E-state index contributed by atoms with van der Waals surface area (Å²) in [5.74, 6) is 1.09. The SMILES string of the molecule is O=C(c1ccc(F)cc1)N1CCN(c2nc3ccccc3c3nnc(-c4cccs4)n23)CC1. The number of piperazine rings is 1. The number of amides is 1. The van der Waals surface area contributed by atoms with Crippen molar-refractivity contribution in [1.82, 2.24) is 24.5 Å². The van der Waals surface area contributed by atoms with Crippen molar-refractivity contribution in [2.75, 3.05) is 31.1 Å². The highest BCUT2D eigenvalue weighted by Gasteiger charge is 2.26. The topological polar surface area (TPSA) is 66.6 Å². The largest absolute Gasteiger partial charge is 0.338 e. The number of thiophene rings is 1. The molecule has 1 aliphatic heterocycles. The first-order valence-corrected chi connectivity index (χ1v) is 11.5. The number of para-hydroxylation sites is 1. The molecule has 1 saturated heterocycles. The van der Waals surface area contributed by atoms with Crippen molar-refractivity contribution in [3.8, 4) is 10.7 Å². The fourth-order valence-corrected chi connectivity index (χ4v) is 4.93. The van der Waals surface area contributed by atoms with Gasteiger partial charge in [0.15, 0.2) is 11.5 Å². The summed E-state index contributed by atoms with van der Waals surface area (Å²) in [5.41, 5.74) is 2.12. The lowest BCUT2D eigenvalue weighted by Gasteiger charge is -2.35. The Morgan fingerprint density at radius 1 is 0.909 bits per heavy atom. The minimum absolute atomic E-state index is 0.0881. The number of halogens is 1. The second-order valence-electron chi connectivity index (χ2n) is 7.88. The number of benzene rings is 2. The lowest BCUT2D eigenvalue weighted by molar-refractivity contribution is 0.0746. The number of nitrogens with zero attached hydrogens (tertiary/aromatic N) is 6. The number of hydrogen-bond donors (Lipinski definition) is 0. The minimum Gasteiger partial charge on any atom is -0.338 e. The molecule has 1 amide bonds. The van der Waals surface area contributed by atoms with E-state index >= 15 is 0 Å². The van der Waals surface area contributed by atoms with E-state index in [9.17, 15) is 9.18 Å². The van der Waals surface area contributed by atoms with Crippen molar-refractivity contribution >= 4 is 39.7 Å². The van der Waals surface area contributed by atoms with Crippen LogP contribution in [0.5, 0.6) is 0 Å². The summed E-state index contributed by atoms with van der Waals surface area (Å²) in [7, 11) is 0. The molecule has 9 heteroatoms. The molecule has 0 N–H and O–H groups in total. The van der Waals surface area contributed by atoms with Crippen molar-refractivity contribution in [3.63, 3.8) is 0 Å². The number of carbonyl (C=O) groups is 1. The molecule has 164 valence electrons. The summed E-state index contributed by atoms with van der Waals surface area (Å²) in [4.78, 5) is 22.8. The third-order valence-electron chi connectivity index (χ3n) is 5.91. The molecule has 1 aliphatic rings. The highest BCUT2D eigenvalue weighted by atomic mass is 32.1. The maximum absolute atomic E-state index is 13.2. The van der Waals surface area contributed by atoms with E-state index in [0.29, 0.717) is 31.7 Å². The van der Waals surface area contributed by atoms with Crippen LogP contribution in [0.1, 0.15) is 10.4 Å². The van der Waals surface area contributed by atoms with Gasteiger partial charge in [0.05, 0.1) is 10.4 Å². The molecule has 0 saturated carbocycles. The third-order valence-corrected chi connectivity index (χ3v) is 6.78. The summed E-state index contributed by atoms with van der Waals surface area (Å²) < 4.78 is 15.2. The van der Waals surface area contributed by atoms with E-state index in [2.05, 4.69) is 15.1 Å². The molecule has 33 heavy (non-hydrogen) atoms. The number of aromatic nitrogens is 4. The maximum atomic E-state index is 13.2. The zero-order valence-corrected chi connectivity index (χ0v) is 18.4. The predicted molar refractivity (Wildman–Crippen MR) is 126 cm³/mol. The van der Waals surface area contributed by atoms with Crippen LogP contribution in [0.3, 0.4) is 0 Å². The number of hydrogen-bond acceptors (Lipinski definition) is 6. The van der Waals surface area contributed by atoms with E-state index in [-0.39, 0.29) is 11.7 Å². The number of carbonyl (C=O) groups excluding carboxylic acids is 1. The Bertz CT molecular complexity index is 1460. The number of rotatable bonds is 3. The Morgan fingerprint density at radius 2 is 1.70 bits per heavy atom. The average molecular weight is 459 g/mol. The van der Waals surface area contributed by atoms with Gasteiger partial charge < -0.3 is 9.80 Å². The first kappa shape index (κ1) is 19.8. The van der Waals surface area contributed by atoms with E-state index < -0.39 is 0 Å².